The molecule has 0 bridgehead atoms. The highest BCUT2D eigenvalue weighted by molar-refractivity contribution is 5.76. The third kappa shape index (κ3) is 7.71. The summed E-state index contributed by atoms with van der Waals surface area (Å²) >= 11 is 0. The molecule has 0 fully saturated rings. The molecule has 1 aromatic carbocycles. The maximum Gasteiger partial charge on any atom is 0.410 e. The number of ether oxygens (including phenoxy) is 3. The second-order valence-corrected chi connectivity index (χ2v) is 11.4. The molecule has 11 heteroatoms. The summed E-state index contributed by atoms with van der Waals surface area (Å²) in [5.41, 5.74) is 3.15. The zero-order chi connectivity index (χ0) is 30.3. The lowest BCUT2D eigenvalue weighted by atomic mass is 9.83. The largest absolute Gasteiger partial charge is 0.497 e. The van der Waals surface area contributed by atoms with Gasteiger partial charge in [0.05, 0.1) is 38.9 Å². The Morgan fingerprint density at radius 2 is 1.79 bits per heavy atom. The van der Waals surface area contributed by atoms with E-state index in [0.29, 0.717) is 38.3 Å². The number of rotatable bonds is 11. The van der Waals surface area contributed by atoms with Crippen LogP contribution < -0.4 is 4.74 Å². The van der Waals surface area contributed by atoms with Crippen LogP contribution in [0.2, 0.25) is 0 Å². The Bertz CT molecular complexity index is 1380. The maximum absolute atomic E-state index is 13.0. The van der Waals surface area contributed by atoms with Crippen LogP contribution in [-0.4, -0.2) is 75.1 Å². The van der Waals surface area contributed by atoms with Crippen LogP contribution in [0.4, 0.5) is 4.79 Å². The molecular weight excluding hydrogens is 536 g/mol. The summed E-state index contributed by atoms with van der Waals surface area (Å²) in [5.74, 6) is 0.338. The number of pyridine rings is 1. The van der Waals surface area contributed by atoms with E-state index >= 15 is 0 Å². The summed E-state index contributed by atoms with van der Waals surface area (Å²) in [6, 6.07) is 11.7. The Balaban J connectivity index is 1.54. The molecule has 2 atom stereocenters. The van der Waals surface area contributed by atoms with Crippen molar-refractivity contribution in [2.24, 2.45) is 5.92 Å². The van der Waals surface area contributed by atoms with Crippen LogP contribution in [0, 0.1) is 5.92 Å². The number of nitrogens with zero attached hydrogens (tertiary/aromatic N) is 6. The van der Waals surface area contributed by atoms with Crippen LogP contribution in [0.5, 0.6) is 5.75 Å². The zero-order valence-corrected chi connectivity index (χ0v) is 25.2. The average Bonchev–Trinajstić information content (AvgIpc) is 3.65. The normalized spacial score (nSPS) is 14.7. The van der Waals surface area contributed by atoms with Gasteiger partial charge in [0.25, 0.3) is 0 Å². The quantitative estimate of drug-likeness (QED) is 0.300. The van der Waals surface area contributed by atoms with Gasteiger partial charge < -0.3 is 19.1 Å². The number of hydrogen-bond donors (Lipinski definition) is 0. The smallest absolute Gasteiger partial charge is 0.410 e. The number of tetrazole rings is 1. The molecule has 0 radical (unpaired) electrons. The van der Waals surface area contributed by atoms with Gasteiger partial charge in [0.2, 0.25) is 0 Å². The van der Waals surface area contributed by atoms with Crippen molar-refractivity contribution in [3.63, 3.8) is 0 Å². The second-order valence-electron chi connectivity index (χ2n) is 11.4. The molecule has 224 valence electrons. The Hall–Kier alpha value is -4.28. The summed E-state index contributed by atoms with van der Waals surface area (Å²) in [6.07, 6.45) is 5.40. The fourth-order valence-electron chi connectivity index (χ4n) is 5.05. The minimum atomic E-state index is -0.551. The Morgan fingerprint density at radius 3 is 2.40 bits per heavy atom. The Kier molecular flexibility index (Phi) is 9.92. The number of esters is 1. The maximum atomic E-state index is 13.0. The summed E-state index contributed by atoms with van der Waals surface area (Å²) < 4.78 is 17.7. The van der Waals surface area contributed by atoms with E-state index in [-0.39, 0.29) is 18.0 Å². The van der Waals surface area contributed by atoms with Crippen molar-refractivity contribution in [1.82, 2.24) is 30.1 Å². The van der Waals surface area contributed by atoms with Crippen LogP contribution in [0.3, 0.4) is 0 Å². The lowest BCUT2D eigenvalue weighted by Gasteiger charge is -2.25. The van der Waals surface area contributed by atoms with E-state index in [0.717, 1.165) is 34.6 Å². The molecule has 2 aromatic heterocycles. The first-order valence-electron chi connectivity index (χ1n) is 14.2. The average molecular weight is 577 g/mol. The minimum Gasteiger partial charge on any atom is -0.497 e. The molecule has 0 spiro atoms. The SMILES string of the molecule is CCC[C@H](C(=O)OC)[C@H](Cc1ccc(C2=CCN(C(=O)OC(C)(C)C)C2)nc1)c1nnnn1Cc1ccc(OC)cc1. The highest BCUT2D eigenvalue weighted by Crippen LogP contribution is 2.32. The summed E-state index contributed by atoms with van der Waals surface area (Å²) in [5, 5.41) is 12.6. The van der Waals surface area contributed by atoms with Crippen LogP contribution >= 0.6 is 0 Å². The molecular formula is C31H40N6O5. The van der Waals surface area contributed by atoms with Gasteiger partial charge in [-0.3, -0.25) is 9.78 Å². The fraction of sp³-hybridized carbons (Fsp3) is 0.484. The van der Waals surface area contributed by atoms with Crippen molar-refractivity contribution < 1.29 is 23.8 Å². The topological polar surface area (TPSA) is 122 Å². The number of benzene rings is 1. The number of hydrogen-bond acceptors (Lipinski definition) is 9. The van der Waals surface area contributed by atoms with Crippen molar-refractivity contribution in [2.75, 3.05) is 27.3 Å². The van der Waals surface area contributed by atoms with Gasteiger partial charge in [0.1, 0.15) is 11.4 Å². The van der Waals surface area contributed by atoms with Crippen molar-refractivity contribution in [3.8, 4) is 5.75 Å². The molecule has 0 aliphatic carbocycles. The predicted octanol–water partition coefficient (Wildman–Crippen LogP) is 4.67. The van der Waals surface area contributed by atoms with E-state index in [1.807, 2.05) is 76.4 Å². The monoisotopic (exact) mass is 576 g/mol. The van der Waals surface area contributed by atoms with Crippen LogP contribution in [-0.2, 0) is 27.2 Å². The summed E-state index contributed by atoms with van der Waals surface area (Å²) in [4.78, 5) is 31.8. The van der Waals surface area contributed by atoms with E-state index < -0.39 is 11.5 Å². The molecule has 3 aromatic rings. The first-order valence-corrected chi connectivity index (χ1v) is 14.2. The minimum absolute atomic E-state index is 0.288. The van der Waals surface area contributed by atoms with Gasteiger partial charge in [-0.2, -0.15) is 0 Å². The van der Waals surface area contributed by atoms with Gasteiger partial charge in [-0.15, -0.1) is 5.10 Å². The number of methoxy groups -OCH3 is 2. The van der Waals surface area contributed by atoms with Gasteiger partial charge in [-0.05, 0) is 78.9 Å². The van der Waals surface area contributed by atoms with E-state index in [1.165, 1.54) is 7.11 Å². The molecule has 0 saturated heterocycles. The van der Waals surface area contributed by atoms with Crippen LogP contribution in [0.25, 0.3) is 5.57 Å². The van der Waals surface area contributed by atoms with Gasteiger partial charge in [-0.25, -0.2) is 9.48 Å². The first kappa shape index (κ1) is 30.7. The van der Waals surface area contributed by atoms with Crippen LogP contribution in [0.15, 0.2) is 48.7 Å². The van der Waals surface area contributed by atoms with E-state index in [4.69, 9.17) is 19.2 Å². The third-order valence-corrected chi connectivity index (χ3v) is 7.15. The number of amides is 1. The molecule has 42 heavy (non-hydrogen) atoms. The number of aromatic nitrogens is 5. The molecule has 1 aliphatic rings. The summed E-state index contributed by atoms with van der Waals surface area (Å²) in [7, 11) is 3.04. The van der Waals surface area contributed by atoms with Crippen molar-refractivity contribution in [2.45, 2.75) is 65.0 Å². The van der Waals surface area contributed by atoms with Gasteiger partial charge in [-0.1, -0.05) is 37.6 Å². The highest BCUT2D eigenvalue weighted by atomic mass is 16.6. The van der Waals surface area contributed by atoms with Crippen molar-refractivity contribution in [3.05, 3.63) is 71.3 Å². The lowest BCUT2D eigenvalue weighted by molar-refractivity contribution is -0.146. The molecule has 0 N–H and O–H groups in total. The fourth-order valence-corrected chi connectivity index (χ4v) is 5.05. The standard InChI is InChI=1S/C31H40N6O5/c1-7-8-25(29(38)41-6)26(28-33-34-35-37(28)19-21-9-12-24(40-5)13-10-21)17-22-11-14-27(32-18-22)23-15-16-36(20-23)30(39)42-31(2,3)4/h9-15,18,25-26H,7-8,16-17,19-20H2,1-6H3/t25-,26-/m0/s1. The molecule has 11 nitrogen and oxygen atoms in total. The molecule has 1 aliphatic heterocycles. The molecule has 0 unspecified atom stereocenters. The van der Waals surface area contributed by atoms with Gasteiger partial charge in [0, 0.05) is 18.7 Å². The van der Waals surface area contributed by atoms with E-state index in [1.54, 1.807) is 16.7 Å². The molecule has 1 amide bonds. The third-order valence-electron chi connectivity index (χ3n) is 7.15. The van der Waals surface area contributed by atoms with Gasteiger partial charge in [0.15, 0.2) is 5.82 Å². The van der Waals surface area contributed by atoms with Crippen LogP contribution in [0.1, 0.15) is 69.1 Å². The summed E-state index contributed by atoms with van der Waals surface area (Å²) in [6.45, 7) is 8.96. The van der Waals surface area contributed by atoms with Crippen molar-refractivity contribution in [1.29, 1.82) is 0 Å². The molecule has 0 saturated carbocycles. The first-order chi connectivity index (χ1) is 20.1. The Morgan fingerprint density at radius 1 is 1.05 bits per heavy atom. The Labute approximate surface area is 246 Å². The van der Waals surface area contributed by atoms with E-state index in [2.05, 4.69) is 15.5 Å². The lowest BCUT2D eigenvalue weighted by Crippen LogP contribution is -2.35. The molecule has 3 heterocycles. The molecule has 4 rings (SSSR count). The number of carbonyl (C=O) groups excluding carboxylic acids is 2. The van der Waals surface area contributed by atoms with E-state index in [9.17, 15) is 9.59 Å². The second kappa shape index (κ2) is 13.6. The number of carbonyl (C=O) groups is 2. The predicted molar refractivity (Wildman–Crippen MR) is 157 cm³/mol. The van der Waals surface area contributed by atoms with Crippen molar-refractivity contribution >= 4 is 17.6 Å². The van der Waals surface area contributed by atoms with Gasteiger partial charge >= 0.3 is 12.1 Å². The highest BCUT2D eigenvalue weighted by Gasteiger charge is 2.34. The zero-order valence-electron chi connectivity index (χ0n) is 25.2.